The number of hydrogen-bond acceptors (Lipinski definition) is 3. The van der Waals surface area contributed by atoms with Gasteiger partial charge in [0.1, 0.15) is 0 Å². The lowest BCUT2D eigenvalue weighted by Crippen LogP contribution is -2.10. The van der Waals surface area contributed by atoms with Crippen LogP contribution in [0.1, 0.15) is 20.8 Å². The van der Waals surface area contributed by atoms with Crippen LogP contribution in [0.25, 0.3) is 0 Å². The van der Waals surface area contributed by atoms with Crippen LogP contribution in [0.5, 0.6) is 0 Å². The van der Waals surface area contributed by atoms with Crippen LogP contribution in [0.2, 0.25) is 4.34 Å². The molecule has 0 aliphatic rings. The number of nitrogens with two attached hydrogens (primary N) is 1. The van der Waals surface area contributed by atoms with E-state index in [0.717, 1.165) is 29.5 Å². The first kappa shape index (κ1) is 13.9. The second kappa shape index (κ2) is 4.86. The maximum absolute atomic E-state index is 12.6. The molecule has 0 fully saturated rings. The summed E-state index contributed by atoms with van der Waals surface area (Å²) in [6, 6.07) is 5.63. The largest absolute Gasteiger partial charge is 0.416 e. The molecule has 0 unspecified atom stereocenters. The van der Waals surface area contributed by atoms with E-state index < -0.39 is 17.5 Å². The van der Waals surface area contributed by atoms with Crippen molar-refractivity contribution in [3.05, 3.63) is 50.7 Å². The molecule has 1 aromatic heterocycles. The van der Waals surface area contributed by atoms with Gasteiger partial charge in [0.25, 0.3) is 0 Å². The van der Waals surface area contributed by atoms with Gasteiger partial charge in [0, 0.05) is 11.3 Å². The van der Waals surface area contributed by atoms with Crippen LogP contribution in [-0.2, 0) is 6.18 Å². The number of carbonyl (C=O) groups excluding carboxylic acids is 1. The first-order valence-corrected chi connectivity index (χ1v) is 6.25. The van der Waals surface area contributed by atoms with Gasteiger partial charge in [-0.3, -0.25) is 4.79 Å². The smallest absolute Gasteiger partial charge is 0.398 e. The van der Waals surface area contributed by atoms with Gasteiger partial charge in [0.15, 0.2) is 0 Å². The Morgan fingerprint density at radius 2 is 1.89 bits per heavy atom. The number of halogens is 4. The summed E-state index contributed by atoms with van der Waals surface area (Å²) in [5.41, 5.74) is 4.48. The summed E-state index contributed by atoms with van der Waals surface area (Å²) in [6.45, 7) is 0. The zero-order valence-corrected chi connectivity index (χ0v) is 10.9. The normalized spacial score (nSPS) is 11.6. The highest BCUT2D eigenvalue weighted by molar-refractivity contribution is 7.18. The van der Waals surface area contributed by atoms with Crippen LogP contribution in [0, 0.1) is 0 Å². The number of benzene rings is 1. The number of nitrogen functional groups attached to an aromatic ring is 1. The quantitative estimate of drug-likeness (QED) is 0.666. The van der Waals surface area contributed by atoms with Gasteiger partial charge in [0.2, 0.25) is 5.78 Å². The van der Waals surface area contributed by atoms with E-state index in [1.807, 2.05) is 0 Å². The number of carbonyl (C=O) groups is 1. The van der Waals surface area contributed by atoms with Gasteiger partial charge < -0.3 is 5.73 Å². The Morgan fingerprint density at radius 1 is 1.21 bits per heavy atom. The SMILES string of the molecule is Nc1ccc(C(F)(F)F)cc1C(=O)c1ccc(Cl)s1. The van der Waals surface area contributed by atoms with Crippen molar-refractivity contribution in [2.75, 3.05) is 5.73 Å². The van der Waals surface area contributed by atoms with Crippen molar-refractivity contribution in [3.8, 4) is 0 Å². The van der Waals surface area contributed by atoms with E-state index in [0.29, 0.717) is 4.34 Å². The summed E-state index contributed by atoms with van der Waals surface area (Å²) in [7, 11) is 0. The highest BCUT2D eigenvalue weighted by atomic mass is 35.5. The van der Waals surface area contributed by atoms with Gasteiger partial charge in [-0.1, -0.05) is 11.6 Å². The van der Waals surface area contributed by atoms with Crippen molar-refractivity contribution in [1.82, 2.24) is 0 Å². The topological polar surface area (TPSA) is 43.1 Å². The van der Waals surface area contributed by atoms with Gasteiger partial charge in [-0.05, 0) is 30.3 Å². The van der Waals surface area contributed by atoms with E-state index in [1.165, 1.54) is 12.1 Å². The Bertz CT molecular complexity index is 636. The zero-order chi connectivity index (χ0) is 14.2. The van der Waals surface area contributed by atoms with Crippen molar-refractivity contribution in [2.24, 2.45) is 0 Å². The van der Waals surface area contributed by atoms with Gasteiger partial charge in [-0.2, -0.15) is 13.2 Å². The lowest BCUT2D eigenvalue weighted by atomic mass is 10.0. The third kappa shape index (κ3) is 2.90. The summed E-state index contributed by atoms with van der Waals surface area (Å²) in [5, 5.41) is 0. The molecule has 0 saturated carbocycles. The van der Waals surface area contributed by atoms with E-state index in [1.54, 1.807) is 0 Å². The molecule has 100 valence electrons. The van der Waals surface area contributed by atoms with E-state index in [2.05, 4.69) is 0 Å². The lowest BCUT2D eigenvalue weighted by Gasteiger charge is -2.10. The van der Waals surface area contributed by atoms with Crippen molar-refractivity contribution in [3.63, 3.8) is 0 Å². The standard InChI is InChI=1S/C12H7ClF3NOS/c13-10-4-3-9(19-10)11(18)7-5-6(12(14,15)16)1-2-8(7)17/h1-5H,17H2. The fourth-order valence-electron chi connectivity index (χ4n) is 1.50. The fraction of sp³-hybridized carbons (Fsp3) is 0.0833. The van der Waals surface area contributed by atoms with Crippen LogP contribution in [-0.4, -0.2) is 5.78 Å². The molecule has 0 bridgehead atoms. The molecule has 0 aliphatic carbocycles. The molecule has 0 aliphatic heterocycles. The molecule has 2 rings (SSSR count). The minimum atomic E-state index is -4.52. The van der Waals surface area contributed by atoms with Crippen molar-refractivity contribution in [2.45, 2.75) is 6.18 Å². The van der Waals surface area contributed by atoms with Crippen LogP contribution in [0.4, 0.5) is 18.9 Å². The van der Waals surface area contributed by atoms with Crippen LogP contribution < -0.4 is 5.73 Å². The minimum absolute atomic E-state index is 0.00234. The summed E-state index contributed by atoms with van der Waals surface area (Å²) in [4.78, 5) is 12.3. The van der Waals surface area contributed by atoms with Crippen molar-refractivity contribution >= 4 is 34.4 Å². The first-order chi connectivity index (χ1) is 8.79. The molecular weight excluding hydrogens is 299 g/mol. The number of thiophene rings is 1. The second-order valence-electron chi connectivity index (χ2n) is 3.73. The van der Waals surface area contributed by atoms with Crippen LogP contribution in [0.3, 0.4) is 0 Å². The fourth-order valence-corrected chi connectivity index (χ4v) is 2.50. The summed E-state index contributed by atoms with van der Waals surface area (Å²) < 4.78 is 38.2. The molecule has 1 aromatic carbocycles. The molecular formula is C12H7ClF3NOS. The molecule has 0 atom stereocenters. The van der Waals surface area contributed by atoms with Gasteiger partial charge in [-0.25, -0.2) is 0 Å². The number of rotatable bonds is 2. The Morgan fingerprint density at radius 3 is 2.42 bits per heavy atom. The summed E-state index contributed by atoms with van der Waals surface area (Å²) >= 11 is 6.68. The Kier molecular flexibility index (Phi) is 3.56. The number of hydrogen-bond donors (Lipinski definition) is 1. The Balaban J connectivity index is 2.47. The molecule has 0 saturated heterocycles. The molecule has 0 radical (unpaired) electrons. The van der Waals surface area contributed by atoms with E-state index in [4.69, 9.17) is 17.3 Å². The molecule has 19 heavy (non-hydrogen) atoms. The third-order valence-electron chi connectivity index (χ3n) is 2.42. The Labute approximate surface area is 115 Å². The third-order valence-corrected chi connectivity index (χ3v) is 3.65. The minimum Gasteiger partial charge on any atom is -0.398 e. The summed E-state index contributed by atoms with van der Waals surface area (Å²) in [5.74, 6) is -0.569. The van der Waals surface area contributed by atoms with Crippen LogP contribution >= 0.6 is 22.9 Å². The predicted octanol–water partition coefficient (Wildman–Crippen LogP) is 4.23. The van der Waals surface area contributed by atoms with Gasteiger partial charge in [0.05, 0.1) is 14.8 Å². The monoisotopic (exact) mass is 305 g/mol. The lowest BCUT2D eigenvalue weighted by molar-refractivity contribution is -0.137. The average Bonchev–Trinajstić information content (AvgIpc) is 2.74. The van der Waals surface area contributed by atoms with Crippen molar-refractivity contribution < 1.29 is 18.0 Å². The Hall–Kier alpha value is -1.53. The average molecular weight is 306 g/mol. The summed E-state index contributed by atoms with van der Waals surface area (Å²) in [6.07, 6.45) is -4.52. The predicted molar refractivity (Wildman–Crippen MR) is 68.6 cm³/mol. The second-order valence-corrected chi connectivity index (χ2v) is 5.45. The number of anilines is 1. The van der Waals surface area contributed by atoms with Gasteiger partial charge >= 0.3 is 6.18 Å². The van der Waals surface area contributed by atoms with Gasteiger partial charge in [-0.15, -0.1) is 11.3 Å². The number of ketones is 1. The molecule has 2 N–H and O–H groups in total. The highest BCUT2D eigenvalue weighted by Gasteiger charge is 2.31. The molecule has 0 amide bonds. The van der Waals surface area contributed by atoms with E-state index in [-0.39, 0.29) is 16.1 Å². The maximum atomic E-state index is 12.6. The number of alkyl halides is 3. The highest BCUT2D eigenvalue weighted by Crippen LogP contribution is 2.33. The molecule has 0 spiro atoms. The molecule has 1 heterocycles. The van der Waals surface area contributed by atoms with E-state index >= 15 is 0 Å². The van der Waals surface area contributed by atoms with E-state index in [9.17, 15) is 18.0 Å². The molecule has 2 nitrogen and oxygen atoms in total. The van der Waals surface area contributed by atoms with Crippen LogP contribution in [0.15, 0.2) is 30.3 Å². The molecule has 7 heteroatoms. The zero-order valence-electron chi connectivity index (χ0n) is 9.29. The van der Waals surface area contributed by atoms with Crippen molar-refractivity contribution in [1.29, 1.82) is 0 Å². The first-order valence-electron chi connectivity index (χ1n) is 5.06. The molecule has 2 aromatic rings. The maximum Gasteiger partial charge on any atom is 0.416 e.